The summed E-state index contributed by atoms with van der Waals surface area (Å²) in [4.78, 5) is 17.7. The minimum Gasteiger partial charge on any atom is -0.369 e. The first-order valence-electron chi connectivity index (χ1n) is 12.4. The lowest BCUT2D eigenvalue weighted by Crippen LogP contribution is -2.30. The monoisotopic (exact) mass is 524 g/mol. The lowest BCUT2D eigenvalue weighted by atomic mass is 10.1. The summed E-state index contributed by atoms with van der Waals surface area (Å²) in [7, 11) is -1.81. The van der Waals surface area contributed by atoms with Gasteiger partial charge < -0.3 is 15.1 Å². The molecule has 0 saturated carbocycles. The lowest BCUT2D eigenvalue weighted by molar-refractivity contribution is 0.0940. The summed E-state index contributed by atoms with van der Waals surface area (Å²) in [5.41, 5.74) is 3.13. The summed E-state index contributed by atoms with van der Waals surface area (Å²) in [6.45, 7) is 7.03. The first kappa shape index (κ1) is 26.6. The number of hydrogen-bond acceptors (Lipinski definition) is 5. The van der Waals surface area contributed by atoms with Gasteiger partial charge in [0.1, 0.15) is 5.82 Å². The number of rotatable bonds is 7. The van der Waals surface area contributed by atoms with Crippen LogP contribution in [-0.2, 0) is 10.0 Å². The number of hydrogen-bond donors (Lipinski definition) is 2. The minimum atomic E-state index is -3.88. The quantitative estimate of drug-likeness (QED) is 0.473. The highest BCUT2D eigenvalue weighted by atomic mass is 32.2. The SMILES string of the molecule is Cc1ccc(S(=O)(=O)Nc2cc(C(=O)NC(C)c3ccc(F)cc3)ccc2N2CCCN(C)CC2)cc1. The number of benzene rings is 3. The van der Waals surface area contributed by atoms with Crippen LogP contribution in [0.3, 0.4) is 0 Å². The van der Waals surface area contributed by atoms with Crippen LogP contribution in [0.25, 0.3) is 0 Å². The first-order chi connectivity index (χ1) is 17.6. The number of aryl methyl sites for hydroxylation is 1. The highest BCUT2D eigenvalue weighted by molar-refractivity contribution is 7.92. The number of carbonyl (C=O) groups excluding carboxylic acids is 1. The fourth-order valence-corrected chi connectivity index (χ4v) is 5.42. The Morgan fingerprint density at radius 2 is 1.65 bits per heavy atom. The Morgan fingerprint density at radius 3 is 2.35 bits per heavy atom. The van der Waals surface area contributed by atoms with Crippen LogP contribution in [0.2, 0.25) is 0 Å². The van der Waals surface area contributed by atoms with Crippen LogP contribution in [-0.4, -0.2) is 52.5 Å². The summed E-state index contributed by atoms with van der Waals surface area (Å²) >= 11 is 0. The molecule has 0 aromatic heterocycles. The van der Waals surface area contributed by atoms with E-state index in [1.807, 2.05) is 13.8 Å². The number of nitrogens with one attached hydrogen (secondary N) is 2. The van der Waals surface area contributed by atoms with Gasteiger partial charge in [0.05, 0.1) is 22.3 Å². The molecule has 1 heterocycles. The fourth-order valence-electron chi connectivity index (χ4n) is 4.36. The Morgan fingerprint density at radius 1 is 0.946 bits per heavy atom. The minimum absolute atomic E-state index is 0.152. The average Bonchev–Trinajstić information content (AvgIpc) is 3.08. The highest BCUT2D eigenvalue weighted by Crippen LogP contribution is 2.31. The molecular weight excluding hydrogens is 491 g/mol. The predicted octanol–water partition coefficient (Wildman–Crippen LogP) is 4.57. The van der Waals surface area contributed by atoms with E-state index in [-0.39, 0.29) is 22.7 Å². The Bertz CT molecular complexity index is 1340. The molecule has 1 fully saturated rings. The third kappa shape index (κ3) is 6.67. The van der Waals surface area contributed by atoms with Crippen LogP contribution in [0.5, 0.6) is 0 Å². The smallest absolute Gasteiger partial charge is 0.261 e. The van der Waals surface area contributed by atoms with Crippen molar-refractivity contribution in [3.8, 4) is 0 Å². The molecule has 0 spiro atoms. The number of sulfonamides is 1. The molecule has 1 atom stereocenters. The Labute approximate surface area is 218 Å². The standard InChI is InChI=1S/C28H33FN4O3S/c1-20-5-12-25(13-6-20)37(35,36)31-26-19-23(9-14-27(26)33-16-4-15-32(3)17-18-33)28(34)30-21(2)22-7-10-24(29)11-8-22/h5-14,19,21,31H,4,15-18H2,1-3H3,(H,30,34). The summed E-state index contributed by atoms with van der Waals surface area (Å²) in [5.74, 6) is -0.696. The topological polar surface area (TPSA) is 81.7 Å². The van der Waals surface area contributed by atoms with E-state index >= 15 is 0 Å². The third-order valence-corrected chi connectivity index (χ3v) is 7.99. The van der Waals surface area contributed by atoms with Crippen LogP contribution in [0.15, 0.2) is 71.6 Å². The zero-order valence-electron chi connectivity index (χ0n) is 21.4. The molecule has 1 aliphatic heterocycles. The van der Waals surface area contributed by atoms with Gasteiger partial charge in [-0.05, 0) is 81.9 Å². The zero-order chi connectivity index (χ0) is 26.6. The van der Waals surface area contributed by atoms with Crippen molar-refractivity contribution in [3.05, 3.63) is 89.2 Å². The molecule has 1 saturated heterocycles. The van der Waals surface area contributed by atoms with Gasteiger partial charge in [0, 0.05) is 25.2 Å². The molecule has 0 radical (unpaired) electrons. The Kier molecular flexibility index (Phi) is 8.14. The molecule has 4 rings (SSSR count). The number of likely N-dealkylation sites (N-methyl/N-ethyl adjacent to an activating group) is 1. The van der Waals surface area contributed by atoms with Crippen molar-refractivity contribution < 1.29 is 17.6 Å². The molecular formula is C28H33FN4O3S. The Hall–Kier alpha value is -3.43. The number of nitrogens with zero attached hydrogens (tertiary/aromatic N) is 2. The maximum absolute atomic E-state index is 13.3. The van der Waals surface area contributed by atoms with E-state index < -0.39 is 10.0 Å². The normalized spacial score (nSPS) is 15.6. The molecule has 196 valence electrons. The number of anilines is 2. The zero-order valence-corrected chi connectivity index (χ0v) is 22.2. The van der Waals surface area contributed by atoms with Crippen molar-refractivity contribution in [2.24, 2.45) is 0 Å². The van der Waals surface area contributed by atoms with Gasteiger partial charge in [0.15, 0.2) is 0 Å². The van der Waals surface area contributed by atoms with Crippen molar-refractivity contribution in [2.45, 2.75) is 31.2 Å². The highest BCUT2D eigenvalue weighted by Gasteiger charge is 2.22. The lowest BCUT2D eigenvalue weighted by Gasteiger charge is -2.26. The van der Waals surface area contributed by atoms with Crippen molar-refractivity contribution >= 4 is 27.3 Å². The van der Waals surface area contributed by atoms with Crippen LogP contribution in [0.1, 0.15) is 40.9 Å². The number of amides is 1. The second-order valence-corrected chi connectivity index (χ2v) is 11.2. The molecule has 2 N–H and O–H groups in total. The van der Waals surface area contributed by atoms with Gasteiger partial charge >= 0.3 is 0 Å². The van der Waals surface area contributed by atoms with Crippen LogP contribution in [0, 0.1) is 12.7 Å². The van der Waals surface area contributed by atoms with Gasteiger partial charge in [-0.1, -0.05) is 29.8 Å². The van der Waals surface area contributed by atoms with E-state index in [2.05, 4.69) is 26.9 Å². The van der Waals surface area contributed by atoms with Crippen molar-refractivity contribution in [3.63, 3.8) is 0 Å². The molecule has 1 unspecified atom stereocenters. The number of halogens is 1. The van der Waals surface area contributed by atoms with Gasteiger partial charge in [-0.3, -0.25) is 9.52 Å². The first-order valence-corrected chi connectivity index (χ1v) is 13.8. The molecule has 37 heavy (non-hydrogen) atoms. The van der Waals surface area contributed by atoms with E-state index in [9.17, 15) is 17.6 Å². The van der Waals surface area contributed by atoms with Gasteiger partial charge in [-0.25, -0.2) is 12.8 Å². The summed E-state index contributed by atoms with van der Waals surface area (Å²) in [5, 5.41) is 2.92. The van der Waals surface area contributed by atoms with E-state index in [1.165, 1.54) is 12.1 Å². The molecule has 0 bridgehead atoms. The molecule has 9 heteroatoms. The van der Waals surface area contributed by atoms with Gasteiger partial charge in [0.25, 0.3) is 15.9 Å². The van der Waals surface area contributed by atoms with Crippen LogP contribution < -0.4 is 14.9 Å². The van der Waals surface area contributed by atoms with Gasteiger partial charge in [-0.15, -0.1) is 0 Å². The molecule has 7 nitrogen and oxygen atoms in total. The van der Waals surface area contributed by atoms with Crippen molar-refractivity contribution in [1.82, 2.24) is 10.2 Å². The Balaban J connectivity index is 1.64. The van der Waals surface area contributed by atoms with Gasteiger partial charge in [0.2, 0.25) is 0 Å². The maximum atomic E-state index is 13.3. The maximum Gasteiger partial charge on any atom is 0.261 e. The third-order valence-electron chi connectivity index (χ3n) is 6.61. The van der Waals surface area contributed by atoms with Crippen molar-refractivity contribution in [2.75, 3.05) is 42.8 Å². The van der Waals surface area contributed by atoms with E-state index in [4.69, 9.17) is 0 Å². The summed E-state index contributed by atoms with van der Waals surface area (Å²) in [6.07, 6.45) is 0.943. The summed E-state index contributed by atoms with van der Waals surface area (Å²) in [6, 6.07) is 17.3. The van der Waals surface area contributed by atoms with Crippen LogP contribution in [0.4, 0.5) is 15.8 Å². The molecule has 1 amide bonds. The van der Waals surface area contributed by atoms with E-state index in [0.29, 0.717) is 11.3 Å². The molecule has 3 aromatic rings. The average molecular weight is 525 g/mol. The summed E-state index contributed by atoms with van der Waals surface area (Å²) < 4.78 is 42.6. The van der Waals surface area contributed by atoms with Crippen LogP contribution >= 0.6 is 0 Å². The van der Waals surface area contributed by atoms with E-state index in [0.717, 1.165) is 49.4 Å². The predicted molar refractivity (Wildman–Crippen MR) is 145 cm³/mol. The molecule has 1 aliphatic rings. The fraction of sp³-hybridized carbons (Fsp3) is 0.321. The second-order valence-electron chi connectivity index (χ2n) is 9.54. The second kappa shape index (κ2) is 11.3. The van der Waals surface area contributed by atoms with Crippen molar-refractivity contribution in [1.29, 1.82) is 0 Å². The molecule has 3 aromatic carbocycles. The van der Waals surface area contributed by atoms with Gasteiger partial charge in [-0.2, -0.15) is 0 Å². The van der Waals surface area contributed by atoms with E-state index in [1.54, 1.807) is 54.6 Å². The largest absolute Gasteiger partial charge is 0.369 e. The molecule has 0 aliphatic carbocycles. The number of carbonyl (C=O) groups is 1.